The zero-order valence-corrected chi connectivity index (χ0v) is 12.9. The number of amides is 1. The molecule has 1 amide bonds. The molecule has 0 radical (unpaired) electrons. The first-order valence-electron chi connectivity index (χ1n) is 7.20. The Morgan fingerprint density at radius 2 is 1.95 bits per heavy atom. The van der Waals surface area contributed by atoms with E-state index in [0.717, 1.165) is 11.3 Å². The van der Waals surface area contributed by atoms with Gasteiger partial charge in [-0.15, -0.1) is 0 Å². The second-order valence-corrected chi connectivity index (χ2v) is 5.49. The average Bonchev–Trinajstić information content (AvgIpc) is 2.97. The molecule has 0 spiro atoms. The molecule has 0 aliphatic carbocycles. The lowest BCUT2D eigenvalue weighted by atomic mass is 10.1. The molecule has 112 valence electrons. The zero-order valence-electron chi connectivity index (χ0n) is 12.9. The van der Waals surface area contributed by atoms with E-state index in [9.17, 15) is 4.79 Å². The van der Waals surface area contributed by atoms with Crippen molar-refractivity contribution in [1.82, 2.24) is 19.9 Å². The Bertz CT molecular complexity index is 851. The van der Waals surface area contributed by atoms with Crippen molar-refractivity contribution in [3.8, 4) is 0 Å². The summed E-state index contributed by atoms with van der Waals surface area (Å²) < 4.78 is 1.71. The molecule has 0 atom stereocenters. The van der Waals surface area contributed by atoms with E-state index < -0.39 is 0 Å². The summed E-state index contributed by atoms with van der Waals surface area (Å²) >= 11 is 0. The van der Waals surface area contributed by atoms with Crippen molar-refractivity contribution in [1.29, 1.82) is 0 Å². The van der Waals surface area contributed by atoms with E-state index in [1.165, 1.54) is 11.1 Å². The van der Waals surface area contributed by atoms with Gasteiger partial charge in [-0.05, 0) is 43.5 Å². The first kappa shape index (κ1) is 14.3. The van der Waals surface area contributed by atoms with E-state index in [2.05, 4.69) is 41.4 Å². The molecule has 2 heterocycles. The lowest BCUT2D eigenvalue weighted by molar-refractivity contribution is 0.0946. The largest absolute Gasteiger partial charge is 0.347 e. The Morgan fingerprint density at radius 3 is 2.73 bits per heavy atom. The van der Waals surface area contributed by atoms with Crippen molar-refractivity contribution in [2.24, 2.45) is 0 Å². The fourth-order valence-corrected chi connectivity index (χ4v) is 2.37. The molecule has 0 saturated carbocycles. The van der Waals surface area contributed by atoms with Gasteiger partial charge in [-0.1, -0.05) is 18.2 Å². The minimum Gasteiger partial charge on any atom is -0.347 e. The fourth-order valence-electron chi connectivity index (χ4n) is 2.37. The summed E-state index contributed by atoms with van der Waals surface area (Å²) in [6.45, 7) is 6.54. The van der Waals surface area contributed by atoms with Crippen LogP contribution in [0.2, 0.25) is 0 Å². The van der Waals surface area contributed by atoms with Gasteiger partial charge in [-0.25, -0.2) is 9.50 Å². The van der Waals surface area contributed by atoms with Crippen LogP contribution in [0.15, 0.2) is 36.5 Å². The molecule has 0 aliphatic rings. The summed E-state index contributed by atoms with van der Waals surface area (Å²) in [6.07, 6.45) is 1.67. The Balaban J connectivity index is 1.76. The molecular formula is C17H18N4O. The van der Waals surface area contributed by atoms with Crippen molar-refractivity contribution < 1.29 is 4.79 Å². The van der Waals surface area contributed by atoms with Crippen LogP contribution in [0.4, 0.5) is 0 Å². The molecule has 0 bridgehead atoms. The van der Waals surface area contributed by atoms with E-state index in [-0.39, 0.29) is 5.91 Å². The Labute approximate surface area is 129 Å². The summed E-state index contributed by atoms with van der Waals surface area (Å²) in [7, 11) is 0. The maximum Gasteiger partial charge on any atom is 0.270 e. The minimum absolute atomic E-state index is 0.176. The van der Waals surface area contributed by atoms with E-state index in [1.807, 2.05) is 13.0 Å². The third-order valence-corrected chi connectivity index (χ3v) is 3.79. The van der Waals surface area contributed by atoms with Crippen LogP contribution in [0.5, 0.6) is 0 Å². The summed E-state index contributed by atoms with van der Waals surface area (Å²) in [5, 5.41) is 7.07. The maximum absolute atomic E-state index is 12.3. The van der Waals surface area contributed by atoms with Gasteiger partial charge in [0.2, 0.25) is 0 Å². The van der Waals surface area contributed by atoms with Crippen LogP contribution in [0, 0.1) is 20.8 Å². The smallest absolute Gasteiger partial charge is 0.270 e. The number of aryl methyl sites for hydroxylation is 3. The standard InChI is InChI=1S/C17H18N4O/c1-11-4-5-14(8-12(11)2)10-18-17(22)15-9-13(3)21-16(20-15)6-7-19-21/h4-9H,10H2,1-3H3,(H,18,22). The lowest BCUT2D eigenvalue weighted by Gasteiger charge is -2.08. The number of nitrogens with one attached hydrogen (secondary N) is 1. The molecule has 2 aromatic heterocycles. The highest BCUT2D eigenvalue weighted by atomic mass is 16.1. The first-order chi connectivity index (χ1) is 10.5. The van der Waals surface area contributed by atoms with Crippen molar-refractivity contribution in [2.75, 3.05) is 0 Å². The molecule has 0 saturated heterocycles. The normalized spacial score (nSPS) is 10.9. The van der Waals surface area contributed by atoms with Crippen molar-refractivity contribution in [2.45, 2.75) is 27.3 Å². The Kier molecular flexibility index (Phi) is 3.63. The second-order valence-electron chi connectivity index (χ2n) is 5.49. The highest BCUT2D eigenvalue weighted by molar-refractivity contribution is 5.92. The molecule has 0 fully saturated rings. The maximum atomic E-state index is 12.3. The minimum atomic E-state index is -0.176. The zero-order chi connectivity index (χ0) is 15.7. The summed E-state index contributed by atoms with van der Waals surface area (Å²) in [5.41, 5.74) is 5.52. The predicted molar refractivity (Wildman–Crippen MR) is 84.8 cm³/mol. The molecule has 0 unspecified atom stereocenters. The highest BCUT2D eigenvalue weighted by Crippen LogP contribution is 2.10. The number of carbonyl (C=O) groups is 1. The number of benzene rings is 1. The third-order valence-electron chi connectivity index (χ3n) is 3.79. The van der Waals surface area contributed by atoms with Gasteiger partial charge >= 0.3 is 0 Å². The molecule has 1 N–H and O–H groups in total. The van der Waals surface area contributed by atoms with Crippen molar-refractivity contribution in [3.63, 3.8) is 0 Å². The van der Waals surface area contributed by atoms with Crippen LogP contribution in [-0.2, 0) is 6.54 Å². The molecular weight excluding hydrogens is 276 g/mol. The summed E-state index contributed by atoms with van der Waals surface area (Å²) in [6, 6.07) is 9.72. The van der Waals surface area contributed by atoms with E-state index in [1.54, 1.807) is 22.8 Å². The van der Waals surface area contributed by atoms with Gasteiger partial charge in [0.25, 0.3) is 5.91 Å². The van der Waals surface area contributed by atoms with Crippen molar-refractivity contribution >= 4 is 11.6 Å². The molecule has 0 aliphatic heterocycles. The molecule has 22 heavy (non-hydrogen) atoms. The Hall–Kier alpha value is -2.69. The number of hydrogen-bond acceptors (Lipinski definition) is 3. The molecule has 5 heteroatoms. The number of carbonyl (C=O) groups excluding carboxylic acids is 1. The first-order valence-corrected chi connectivity index (χ1v) is 7.20. The predicted octanol–water partition coefficient (Wildman–Crippen LogP) is 2.58. The van der Waals surface area contributed by atoms with Gasteiger partial charge in [-0.2, -0.15) is 5.10 Å². The van der Waals surface area contributed by atoms with Crippen LogP contribution >= 0.6 is 0 Å². The quantitative estimate of drug-likeness (QED) is 0.807. The molecule has 3 aromatic rings. The monoisotopic (exact) mass is 294 g/mol. The van der Waals surface area contributed by atoms with Crippen LogP contribution in [0.3, 0.4) is 0 Å². The molecule has 1 aromatic carbocycles. The number of hydrogen-bond donors (Lipinski definition) is 1. The van der Waals surface area contributed by atoms with Gasteiger partial charge in [0.15, 0.2) is 5.65 Å². The van der Waals surface area contributed by atoms with Gasteiger partial charge < -0.3 is 5.32 Å². The highest BCUT2D eigenvalue weighted by Gasteiger charge is 2.10. The van der Waals surface area contributed by atoms with E-state index in [4.69, 9.17) is 0 Å². The molecule has 5 nitrogen and oxygen atoms in total. The molecule has 3 rings (SSSR count). The number of rotatable bonds is 3. The third kappa shape index (κ3) is 2.70. The van der Waals surface area contributed by atoms with E-state index in [0.29, 0.717) is 17.9 Å². The fraction of sp³-hybridized carbons (Fsp3) is 0.235. The summed E-state index contributed by atoms with van der Waals surface area (Å²) in [5.74, 6) is -0.176. The van der Waals surface area contributed by atoms with Gasteiger partial charge in [0.1, 0.15) is 5.69 Å². The summed E-state index contributed by atoms with van der Waals surface area (Å²) in [4.78, 5) is 16.6. The van der Waals surface area contributed by atoms with Crippen LogP contribution in [0.25, 0.3) is 5.65 Å². The topological polar surface area (TPSA) is 59.3 Å². The van der Waals surface area contributed by atoms with Crippen molar-refractivity contribution in [3.05, 3.63) is 64.6 Å². The number of aromatic nitrogens is 3. The van der Waals surface area contributed by atoms with Crippen LogP contribution < -0.4 is 5.32 Å². The lowest BCUT2D eigenvalue weighted by Crippen LogP contribution is -2.24. The van der Waals surface area contributed by atoms with Gasteiger partial charge in [-0.3, -0.25) is 4.79 Å². The number of fused-ring (bicyclic) bond motifs is 1. The van der Waals surface area contributed by atoms with Crippen LogP contribution in [-0.4, -0.2) is 20.5 Å². The second kappa shape index (κ2) is 5.60. The van der Waals surface area contributed by atoms with Gasteiger partial charge in [0, 0.05) is 18.3 Å². The SMILES string of the molecule is Cc1ccc(CNC(=O)c2cc(C)n3nccc3n2)cc1C. The average molecular weight is 294 g/mol. The van der Waals surface area contributed by atoms with E-state index >= 15 is 0 Å². The van der Waals surface area contributed by atoms with Gasteiger partial charge in [0.05, 0.1) is 6.20 Å². The number of nitrogens with zero attached hydrogens (tertiary/aromatic N) is 3. The van der Waals surface area contributed by atoms with Crippen LogP contribution in [0.1, 0.15) is 32.9 Å². The Morgan fingerprint density at radius 1 is 1.14 bits per heavy atom.